The number of anilines is 1. The summed E-state index contributed by atoms with van der Waals surface area (Å²) in [6, 6.07) is 0.893. The third-order valence-electron chi connectivity index (χ3n) is 3.00. The lowest BCUT2D eigenvalue weighted by Gasteiger charge is -2.22. The molecule has 1 saturated heterocycles. The number of ether oxygens (including phenoxy) is 1. The number of carboxylic acids is 1. The van der Waals surface area contributed by atoms with Gasteiger partial charge in [-0.3, -0.25) is 0 Å². The van der Waals surface area contributed by atoms with Gasteiger partial charge in [-0.1, -0.05) is 0 Å². The van der Waals surface area contributed by atoms with Gasteiger partial charge in [-0.2, -0.15) is 4.98 Å². The van der Waals surface area contributed by atoms with Crippen LogP contribution in [0.5, 0.6) is 5.88 Å². The molecule has 2 N–H and O–H groups in total. The molecule has 0 radical (unpaired) electrons. The first-order valence-electron chi connectivity index (χ1n) is 6.56. The summed E-state index contributed by atoms with van der Waals surface area (Å²) in [7, 11) is 0. The second-order valence-electron chi connectivity index (χ2n) is 5.21. The topological polar surface area (TPSA) is 95.8 Å². The largest absolute Gasteiger partial charge is 0.480 e. The van der Waals surface area contributed by atoms with Gasteiger partial charge >= 0.3 is 5.97 Å². The summed E-state index contributed by atoms with van der Waals surface area (Å²) < 4.78 is 5.53. The van der Waals surface area contributed by atoms with Crippen LogP contribution in [0.2, 0.25) is 0 Å². The first kappa shape index (κ1) is 14.5. The number of aliphatic carboxylic acids is 1. The molecule has 1 fully saturated rings. The Morgan fingerprint density at radius 2 is 2.20 bits per heavy atom. The molecule has 0 aliphatic carbocycles. The van der Waals surface area contributed by atoms with Gasteiger partial charge in [0.05, 0.1) is 12.2 Å². The smallest absolute Gasteiger partial charge is 0.326 e. The second-order valence-corrected chi connectivity index (χ2v) is 5.21. The zero-order valence-corrected chi connectivity index (χ0v) is 11.8. The van der Waals surface area contributed by atoms with Crippen LogP contribution in [0.25, 0.3) is 0 Å². The minimum absolute atomic E-state index is 0.0309. The van der Waals surface area contributed by atoms with Crippen LogP contribution >= 0.6 is 0 Å². The van der Waals surface area contributed by atoms with E-state index in [9.17, 15) is 15.0 Å². The minimum Gasteiger partial charge on any atom is -0.480 e. The Labute approximate surface area is 117 Å². The van der Waals surface area contributed by atoms with Crippen LogP contribution in [0, 0.1) is 6.92 Å². The normalized spacial score (nSPS) is 22.4. The monoisotopic (exact) mass is 281 g/mol. The zero-order chi connectivity index (χ0) is 14.9. The number of aliphatic hydroxyl groups excluding tert-OH is 1. The highest BCUT2D eigenvalue weighted by Crippen LogP contribution is 2.25. The van der Waals surface area contributed by atoms with E-state index in [1.807, 2.05) is 13.8 Å². The Morgan fingerprint density at radius 1 is 1.50 bits per heavy atom. The van der Waals surface area contributed by atoms with Crippen molar-refractivity contribution in [3.05, 3.63) is 11.8 Å². The number of β-amino-alcohol motifs (C(OH)–C–C–N with tert-alkyl or cyclic N) is 1. The quantitative estimate of drug-likeness (QED) is 0.834. The molecular formula is C13H19N3O4. The molecule has 7 nitrogen and oxygen atoms in total. The number of rotatable bonds is 4. The fourth-order valence-corrected chi connectivity index (χ4v) is 2.22. The summed E-state index contributed by atoms with van der Waals surface area (Å²) in [6.45, 7) is 5.77. The van der Waals surface area contributed by atoms with Crippen LogP contribution < -0.4 is 9.64 Å². The molecule has 2 heterocycles. The number of aliphatic hydroxyl groups is 1. The number of nitrogens with zero attached hydrogens (tertiary/aromatic N) is 3. The van der Waals surface area contributed by atoms with Gasteiger partial charge in [0.25, 0.3) is 0 Å². The van der Waals surface area contributed by atoms with Gasteiger partial charge in [0.1, 0.15) is 6.04 Å². The first-order chi connectivity index (χ1) is 9.36. The van der Waals surface area contributed by atoms with Gasteiger partial charge in [0, 0.05) is 24.7 Å². The maximum Gasteiger partial charge on any atom is 0.326 e. The lowest BCUT2D eigenvalue weighted by Crippen LogP contribution is -2.37. The number of carboxylic acid groups (broad SMARTS) is 1. The molecule has 2 rings (SSSR count). The third kappa shape index (κ3) is 3.16. The number of hydrogen-bond donors (Lipinski definition) is 2. The Bertz CT molecular complexity index is 506. The van der Waals surface area contributed by atoms with Gasteiger partial charge in [-0.25, -0.2) is 9.78 Å². The summed E-state index contributed by atoms with van der Waals surface area (Å²) in [6.07, 6.45) is -0.543. The molecule has 2 atom stereocenters. The molecule has 1 aromatic rings. The molecule has 0 bridgehead atoms. The highest BCUT2D eigenvalue weighted by molar-refractivity contribution is 5.78. The fraction of sp³-hybridized carbons (Fsp3) is 0.615. The molecule has 1 aromatic heterocycles. The van der Waals surface area contributed by atoms with Gasteiger partial charge in [-0.15, -0.1) is 0 Å². The molecular weight excluding hydrogens is 262 g/mol. The van der Waals surface area contributed by atoms with E-state index in [0.29, 0.717) is 11.6 Å². The number of hydrogen-bond acceptors (Lipinski definition) is 6. The molecule has 7 heteroatoms. The van der Waals surface area contributed by atoms with Crippen molar-refractivity contribution in [2.75, 3.05) is 11.4 Å². The van der Waals surface area contributed by atoms with Gasteiger partial charge < -0.3 is 19.8 Å². The van der Waals surface area contributed by atoms with Crippen molar-refractivity contribution in [2.24, 2.45) is 0 Å². The van der Waals surface area contributed by atoms with Crippen LogP contribution in [-0.4, -0.2) is 50.9 Å². The molecule has 20 heavy (non-hydrogen) atoms. The summed E-state index contributed by atoms with van der Waals surface area (Å²) in [5.41, 5.74) is 0.691. The molecule has 1 aliphatic rings. The molecule has 0 amide bonds. The van der Waals surface area contributed by atoms with E-state index in [1.165, 1.54) is 4.90 Å². The van der Waals surface area contributed by atoms with Crippen LogP contribution in [0.1, 0.15) is 26.0 Å². The van der Waals surface area contributed by atoms with Crippen molar-refractivity contribution in [2.45, 2.75) is 45.4 Å². The molecule has 110 valence electrons. The maximum atomic E-state index is 11.2. The molecule has 2 unspecified atom stereocenters. The van der Waals surface area contributed by atoms with Crippen LogP contribution in [0.15, 0.2) is 6.07 Å². The lowest BCUT2D eigenvalue weighted by molar-refractivity contribution is -0.138. The standard InChI is InChI=1S/C13H19N3O4/c1-7(2)20-11-4-8(3)14-13(15-11)16-6-9(17)5-10(16)12(18)19/h4,7,9-10,17H,5-6H2,1-3H3,(H,18,19). The lowest BCUT2D eigenvalue weighted by atomic mass is 10.2. The third-order valence-corrected chi connectivity index (χ3v) is 3.00. The van der Waals surface area contributed by atoms with Crippen LogP contribution in [-0.2, 0) is 4.79 Å². The summed E-state index contributed by atoms with van der Waals surface area (Å²) in [5, 5.41) is 18.9. The van der Waals surface area contributed by atoms with E-state index >= 15 is 0 Å². The predicted molar refractivity (Wildman–Crippen MR) is 71.9 cm³/mol. The van der Waals surface area contributed by atoms with Gasteiger partial charge in [0.15, 0.2) is 0 Å². The number of aryl methyl sites for hydroxylation is 1. The first-order valence-corrected chi connectivity index (χ1v) is 6.56. The van der Waals surface area contributed by atoms with Gasteiger partial charge in [-0.05, 0) is 20.8 Å². The SMILES string of the molecule is Cc1cc(OC(C)C)nc(N2CC(O)CC2C(=O)O)n1. The highest BCUT2D eigenvalue weighted by Gasteiger charge is 2.37. The zero-order valence-electron chi connectivity index (χ0n) is 11.8. The molecule has 0 aromatic carbocycles. The molecule has 0 spiro atoms. The van der Waals surface area contributed by atoms with Crippen molar-refractivity contribution in [3.63, 3.8) is 0 Å². The van der Waals surface area contributed by atoms with Crippen LogP contribution in [0.3, 0.4) is 0 Å². The van der Waals surface area contributed by atoms with Crippen molar-refractivity contribution in [3.8, 4) is 5.88 Å². The Kier molecular flexibility index (Phi) is 4.08. The van der Waals surface area contributed by atoms with Crippen molar-refractivity contribution in [1.82, 2.24) is 9.97 Å². The second kappa shape index (κ2) is 5.62. The van der Waals surface area contributed by atoms with E-state index in [4.69, 9.17) is 4.74 Å². The predicted octanol–water partition coefficient (Wildman–Crippen LogP) is 0.596. The number of carbonyl (C=O) groups is 1. The van der Waals surface area contributed by atoms with E-state index in [0.717, 1.165) is 0 Å². The molecule has 0 saturated carbocycles. The Hall–Kier alpha value is -1.89. The van der Waals surface area contributed by atoms with E-state index in [1.54, 1.807) is 13.0 Å². The Balaban J connectivity index is 2.31. The van der Waals surface area contributed by atoms with Gasteiger partial charge in [0.2, 0.25) is 11.8 Å². The average molecular weight is 281 g/mol. The highest BCUT2D eigenvalue weighted by atomic mass is 16.5. The fourth-order valence-electron chi connectivity index (χ4n) is 2.22. The minimum atomic E-state index is -0.988. The van der Waals surface area contributed by atoms with Crippen molar-refractivity contribution < 1.29 is 19.7 Å². The molecule has 1 aliphatic heterocycles. The van der Waals surface area contributed by atoms with E-state index < -0.39 is 18.1 Å². The van der Waals surface area contributed by atoms with Crippen molar-refractivity contribution >= 4 is 11.9 Å². The summed E-state index contributed by atoms with van der Waals surface area (Å²) >= 11 is 0. The number of aromatic nitrogens is 2. The van der Waals surface area contributed by atoms with E-state index in [-0.39, 0.29) is 25.0 Å². The van der Waals surface area contributed by atoms with Crippen molar-refractivity contribution in [1.29, 1.82) is 0 Å². The maximum absolute atomic E-state index is 11.2. The summed E-state index contributed by atoms with van der Waals surface area (Å²) in [5.74, 6) is -0.296. The van der Waals surface area contributed by atoms with E-state index in [2.05, 4.69) is 9.97 Å². The summed E-state index contributed by atoms with van der Waals surface area (Å²) in [4.78, 5) is 21.2. The van der Waals surface area contributed by atoms with Crippen LogP contribution in [0.4, 0.5) is 5.95 Å². The Morgan fingerprint density at radius 3 is 2.80 bits per heavy atom. The average Bonchev–Trinajstić information content (AvgIpc) is 2.69.